The highest BCUT2D eigenvalue weighted by Crippen LogP contribution is 2.43. The second-order valence-corrected chi connectivity index (χ2v) is 11.4. The number of nitrogens with zero attached hydrogens (tertiary/aromatic N) is 4. The summed E-state index contributed by atoms with van der Waals surface area (Å²) in [4.78, 5) is 11.4. The SMILES string of the molecule is CCOc1cc([C@@H](C[N+](=O)[O-])Sc2nnc(C)n2-c2ccc(C)c(C)c2)cc(Br)c1OCc1cccc(Cl)c1. The van der Waals surface area contributed by atoms with Gasteiger partial charge in [-0.3, -0.25) is 14.7 Å². The van der Waals surface area contributed by atoms with E-state index in [1.165, 1.54) is 17.3 Å². The van der Waals surface area contributed by atoms with Gasteiger partial charge in [-0.1, -0.05) is 41.6 Å². The molecule has 0 N–H and O–H groups in total. The van der Waals surface area contributed by atoms with Gasteiger partial charge in [-0.2, -0.15) is 0 Å². The average molecular weight is 632 g/mol. The van der Waals surface area contributed by atoms with Crippen molar-refractivity contribution in [2.45, 2.75) is 44.7 Å². The first kappa shape index (κ1) is 28.9. The topological polar surface area (TPSA) is 92.3 Å². The van der Waals surface area contributed by atoms with Gasteiger partial charge in [0.1, 0.15) is 17.7 Å². The maximum absolute atomic E-state index is 11.7. The molecule has 3 aromatic carbocycles. The number of halogens is 2. The molecule has 0 unspecified atom stereocenters. The standard InChI is InChI=1S/C28H28BrClN4O4S/c1-5-37-25-14-21(13-24(29)27(25)38-16-20-7-6-8-22(30)12-20)26(15-33(35)36)39-28-32-31-19(4)34(28)23-10-9-17(2)18(3)11-23/h6-14,26H,5,15-16H2,1-4H3/t26-/m1/s1. The number of hydrogen-bond donors (Lipinski definition) is 0. The zero-order valence-electron chi connectivity index (χ0n) is 22.0. The van der Waals surface area contributed by atoms with Crippen LogP contribution in [-0.2, 0) is 6.61 Å². The molecule has 0 fully saturated rings. The van der Waals surface area contributed by atoms with Crippen molar-refractivity contribution in [3.05, 3.63) is 102 Å². The van der Waals surface area contributed by atoms with Crippen molar-refractivity contribution in [3.8, 4) is 17.2 Å². The molecule has 1 atom stereocenters. The van der Waals surface area contributed by atoms with Crippen molar-refractivity contribution in [1.82, 2.24) is 14.8 Å². The van der Waals surface area contributed by atoms with Gasteiger partial charge in [-0.15, -0.1) is 10.2 Å². The molecule has 0 aliphatic heterocycles. The fourth-order valence-electron chi connectivity index (χ4n) is 4.01. The quantitative estimate of drug-likeness (QED) is 0.0952. The van der Waals surface area contributed by atoms with Crippen LogP contribution in [0, 0.1) is 30.9 Å². The van der Waals surface area contributed by atoms with Crippen LogP contribution in [0.4, 0.5) is 0 Å². The zero-order chi connectivity index (χ0) is 28.1. The van der Waals surface area contributed by atoms with Gasteiger partial charge in [0, 0.05) is 15.6 Å². The maximum atomic E-state index is 11.7. The molecule has 0 saturated heterocycles. The van der Waals surface area contributed by atoms with Crippen molar-refractivity contribution in [2.24, 2.45) is 0 Å². The number of thioether (sulfide) groups is 1. The van der Waals surface area contributed by atoms with E-state index < -0.39 is 5.25 Å². The van der Waals surface area contributed by atoms with E-state index in [2.05, 4.69) is 39.1 Å². The summed E-state index contributed by atoms with van der Waals surface area (Å²) in [5.41, 5.74) is 4.83. The Morgan fingerprint density at radius 2 is 1.87 bits per heavy atom. The van der Waals surface area contributed by atoms with Crippen molar-refractivity contribution < 1.29 is 14.4 Å². The van der Waals surface area contributed by atoms with Crippen LogP contribution < -0.4 is 9.47 Å². The van der Waals surface area contributed by atoms with Crippen LogP contribution in [0.25, 0.3) is 5.69 Å². The van der Waals surface area contributed by atoms with Crippen LogP contribution in [0.2, 0.25) is 5.02 Å². The fraction of sp³-hybridized carbons (Fsp3) is 0.286. The third-order valence-electron chi connectivity index (χ3n) is 6.08. The number of aryl methyl sites for hydroxylation is 3. The molecule has 39 heavy (non-hydrogen) atoms. The Bertz CT molecular complexity index is 1500. The summed E-state index contributed by atoms with van der Waals surface area (Å²) in [6.45, 7) is 8.20. The van der Waals surface area contributed by atoms with Crippen molar-refractivity contribution >= 4 is 39.3 Å². The van der Waals surface area contributed by atoms with Crippen molar-refractivity contribution in [3.63, 3.8) is 0 Å². The number of nitro groups is 1. The minimum absolute atomic E-state index is 0.282. The summed E-state index contributed by atoms with van der Waals surface area (Å²) in [7, 11) is 0. The predicted molar refractivity (Wildman–Crippen MR) is 157 cm³/mol. The average Bonchev–Trinajstić information content (AvgIpc) is 3.24. The van der Waals surface area contributed by atoms with E-state index in [-0.39, 0.29) is 18.1 Å². The van der Waals surface area contributed by atoms with E-state index in [4.69, 9.17) is 21.1 Å². The van der Waals surface area contributed by atoms with E-state index in [1.54, 1.807) is 12.1 Å². The zero-order valence-corrected chi connectivity index (χ0v) is 25.1. The van der Waals surface area contributed by atoms with Crippen LogP contribution in [-0.4, -0.2) is 32.8 Å². The Balaban J connectivity index is 1.68. The minimum Gasteiger partial charge on any atom is -0.490 e. The van der Waals surface area contributed by atoms with Crippen LogP contribution in [0.3, 0.4) is 0 Å². The Morgan fingerprint density at radius 1 is 1.08 bits per heavy atom. The number of hydrogen-bond acceptors (Lipinski definition) is 7. The third kappa shape index (κ3) is 7.12. The molecule has 4 rings (SSSR count). The summed E-state index contributed by atoms with van der Waals surface area (Å²) in [6.07, 6.45) is 0. The normalized spacial score (nSPS) is 11.8. The van der Waals surface area contributed by atoms with Crippen LogP contribution in [0.5, 0.6) is 11.5 Å². The summed E-state index contributed by atoms with van der Waals surface area (Å²) < 4.78 is 14.6. The van der Waals surface area contributed by atoms with E-state index in [9.17, 15) is 10.1 Å². The van der Waals surface area contributed by atoms with Gasteiger partial charge < -0.3 is 9.47 Å². The highest BCUT2D eigenvalue weighted by molar-refractivity contribution is 9.10. The van der Waals surface area contributed by atoms with E-state index in [0.29, 0.717) is 44.1 Å². The molecular formula is C28H28BrClN4O4S. The number of ether oxygens (including phenoxy) is 2. The largest absolute Gasteiger partial charge is 0.490 e. The Kier molecular flexibility index (Phi) is 9.53. The lowest BCUT2D eigenvalue weighted by Crippen LogP contribution is -2.12. The van der Waals surface area contributed by atoms with Gasteiger partial charge >= 0.3 is 0 Å². The lowest BCUT2D eigenvalue weighted by molar-refractivity contribution is -0.479. The van der Waals surface area contributed by atoms with Crippen LogP contribution >= 0.6 is 39.3 Å². The molecule has 0 radical (unpaired) electrons. The summed E-state index contributed by atoms with van der Waals surface area (Å²) in [5, 5.41) is 21.0. The van der Waals surface area contributed by atoms with E-state index in [0.717, 1.165) is 16.8 Å². The lowest BCUT2D eigenvalue weighted by Gasteiger charge is -2.19. The van der Waals surface area contributed by atoms with E-state index in [1.807, 2.05) is 61.7 Å². The van der Waals surface area contributed by atoms with Crippen LogP contribution in [0.1, 0.15) is 40.3 Å². The molecule has 1 heterocycles. The fourth-order valence-corrected chi connectivity index (χ4v) is 5.95. The first-order valence-corrected chi connectivity index (χ1v) is 14.3. The second-order valence-electron chi connectivity index (χ2n) is 8.94. The Hall–Kier alpha value is -3.08. The van der Waals surface area contributed by atoms with E-state index >= 15 is 0 Å². The molecule has 0 bridgehead atoms. The van der Waals surface area contributed by atoms with Gasteiger partial charge in [0.15, 0.2) is 16.7 Å². The van der Waals surface area contributed by atoms with Gasteiger partial charge in [-0.25, -0.2) is 0 Å². The predicted octanol–water partition coefficient (Wildman–Crippen LogP) is 7.70. The molecule has 0 aliphatic carbocycles. The summed E-state index contributed by atoms with van der Waals surface area (Å²) in [5.74, 6) is 1.70. The Labute approximate surface area is 245 Å². The van der Waals surface area contributed by atoms with Crippen molar-refractivity contribution in [2.75, 3.05) is 13.2 Å². The molecule has 0 spiro atoms. The maximum Gasteiger partial charge on any atom is 0.220 e. The van der Waals surface area contributed by atoms with Crippen LogP contribution in [0.15, 0.2) is 64.2 Å². The molecule has 11 heteroatoms. The first-order valence-electron chi connectivity index (χ1n) is 12.3. The molecule has 0 saturated carbocycles. The molecule has 204 valence electrons. The number of rotatable bonds is 11. The molecule has 0 aliphatic rings. The van der Waals surface area contributed by atoms with Gasteiger partial charge in [0.2, 0.25) is 6.54 Å². The molecule has 1 aromatic heterocycles. The minimum atomic E-state index is -0.564. The lowest BCUT2D eigenvalue weighted by atomic mass is 10.1. The molecular weight excluding hydrogens is 604 g/mol. The van der Waals surface area contributed by atoms with Gasteiger partial charge in [-0.05, 0) is 102 Å². The first-order chi connectivity index (χ1) is 18.7. The molecule has 0 amide bonds. The summed E-state index contributed by atoms with van der Waals surface area (Å²) >= 11 is 11.0. The van der Waals surface area contributed by atoms with Crippen molar-refractivity contribution in [1.29, 1.82) is 0 Å². The number of aromatic nitrogens is 3. The molecule has 8 nitrogen and oxygen atoms in total. The monoisotopic (exact) mass is 630 g/mol. The number of benzene rings is 3. The molecule has 4 aromatic rings. The highest BCUT2D eigenvalue weighted by Gasteiger charge is 2.26. The second kappa shape index (κ2) is 12.8. The smallest absolute Gasteiger partial charge is 0.220 e. The Morgan fingerprint density at radius 3 is 2.56 bits per heavy atom. The van der Waals surface area contributed by atoms with Gasteiger partial charge in [0.05, 0.1) is 11.1 Å². The summed E-state index contributed by atoms with van der Waals surface area (Å²) in [6, 6.07) is 17.2. The van der Waals surface area contributed by atoms with Gasteiger partial charge in [0.25, 0.3) is 0 Å². The third-order valence-corrected chi connectivity index (χ3v) is 8.09. The highest BCUT2D eigenvalue weighted by atomic mass is 79.9.